The lowest BCUT2D eigenvalue weighted by Crippen LogP contribution is -2.21. The van der Waals surface area contributed by atoms with E-state index in [9.17, 15) is 10.2 Å². The largest absolute Gasteiger partial charge is 0.507 e. The Morgan fingerprint density at radius 1 is 0.610 bits per heavy atom. The zero-order valence-corrected chi connectivity index (χ0v) is 24.3. The summed E-state index contributed by atoms with van der Waals surface area (Å²) in [5.41, 5.74) is 1.15. The molecule has 220 valence electrons. The average Bonchev–Trinajstić information content (AvgIpc) is 3.65. The molecule has 0 atom stereocenters. The molecule has 0 saturated heterocycles. The molecule has 10 heteroatoms. The number of phenolic OH excluding ortho intramolecular Hbond substituents is 2. The van der Waals surface area contributed by atoms with Gasteiger partial charge in [-0.1, -0.05) is 10.3 Å². The molecular weight excluding hydrogens is 524 g/mol. The highest BCUT2D eigenvalue weighted by molar-refractivity contribution is 5.69. The van der Waals surface area contributed by atoms with Crippen molar-refractivity contribution < 1.29 is 28.7 Å². The summed E-state index contributed by atoms with van der Waals surface area (Å²) in [4.78, 5) is 4.16. The third-order valence-electron chi connectivity index (χ3n) is 6.97. The number of ether oxygens (including phenoxy) is 2. The zero-order chi connectivity index (χ0) is 29.2. The van der Waals surface area contributed by atoms with Crippen LogP contribution in [0.3, 0.4) is 0 Å². The number of unbranched alkanes of at least 4 members (excludes halogenated alkanes) is 2. The van der Waals surface area contributed by atoms with Gasteiger partial charge in [0.2, 0.25) is 0 Å². The van der Waals surface area contributed by atoms with Crippen LogP contribution in [-0.2, 0) is 0 Å². The number of aromatic hydroxyl groups is 2. The summed E-state index contributed by atoms with van der Waals surface area (Å²) < 4.78 is 22.5. The maximum absolute atomic E-state index is 10.5. The van der Waals surface area contributed by atoms with Crippen LogP contribution in [0.25, 0.3) is 22.6 Å². The maximum atomic E-state index is 10.5. The molecule has 2 aromatic heterocycles. The van der Waals surface area contributed by atoms with E-state index in [1.807, 2.05) is 24.3 Å². The van der Waals surface area contributed by atoms with Gasteiger partial charge in [-0.05, 0) is 71.2 Å². The fourth-order valence-corrected chi connectivity index (χ4v) is 4.56. The van der Waals surface area contributed by atoms with E-state index in [1.165, 1.54) is 0 Å². The predicted molar refractivity (Wildman–Crippen MR) is 159 cm³/mol. The SMILES string of the molecule is CCN(CC)c1cc(-c2ccc(OCCCCCOc3ccc(-c4cc(N(CC)CC)no4)c(O)c3)cc2O)on1. The second kappa shape index (κ2) is 14.3. The van der Waals surface area contributed by atoms with Crippen LogP contribution in [0.2, 0.25) is 0 Å². The smallest absolute Gasteiger partial charge is 0.172 e. The van der Waals surface area contributed by atoms with Gasteiger partial charge in [0, 0.05) is 50.4 Å². The molecule has 0 bridgehead atoms. The van der Waals surface area contributed by atoms with E-state index in [2.05, 4.69) is 47.8 Å². The summed E-state index contributed by atoms with van der Waals surface area (Å²) in [6, 6.07) is 14.0. The zero-order valence-electron chi connectivity index (χ0n) is 24.3. The molecule has 2 aromatic carbocycles. The molecule has 10 nitrogen and oxygen atoms in total. The molecule has 2 N–H and O–H groups in total. The highest BCUT2D eigenvalue weighted by atomic mass is 16.5. The second-order valence-corrected chi connectivity index (χ2v) is 9.56. The van der Waals surface area contributed by atoms with Crippen LogP contribution in [0, 0.1) is 0 Å². The number of hydrogen-bond acceptors (Lipinski definition) is 10. The topological polar surface area (TPSA) is 117 Å². The Kier molecular flexibility index (Phi) is 10.4. The van der Waals surface area contributed by atoms with Crippen molar-refractivity contribution in [1.29, 1.82) is 0 Å². The van der Waals surface area contributed by atoms with Crippen molar-refractivity contribution in [1.82, 2.24) is 10.3 Å². The molecule has 0 aliphatic rings. The lowest BCUT2D eigenvalue weighted by molar-refractivity contribution is 0.278. The average molecular weight is 565 g/mol. The Hall–Kier alpha value is -4.34. The van der Waals surface area contributed by atoms with Crippen LogP contribution in [-0.4, -0.2) is 59.9 Å². The number of benzene rings is 2. The molecular formula is C31H40N4O6. The molecule has 2 heterocycles. The predicted octanol–water partition coefficient (Wildman–Crippen LogP) is 6.73. The molecule has 0 unspecified atom stereocenters. The lowest BCUT2D eigenvalue weighted by atomic mass is 10.1. The van der Waals surface area contributed by atoms with Gasteiger partial charge in [0.15, 0.2) is 23.2 Å². The quantitative estimate of drug-likeness (QED) is 0.142. The highest BCUT2D eigenvalue weighted by Crippen LogP contribution is 2.35. The first-order valence-corrected chi connectivity index (χ1v) is 14.3. The normalized spacial score (nSPS) is 11.0. The van der Waals surface area contributed by atoms with Gasteiger partial charge in [0.25, 0.3) is 0 Å². The molecule has 4 rings (SSSR count). The van der Waals surface area contributed by atoms with Crippen molar-refractivity contribution in [3.05, 3.63) is 48.5 Å². The first kappa shape index (κ1) is 29.6. The van der Waals surface area contributed by atoms with Gasteiger partial charge in [0.05, 0.1) is 24.3 Å². The van der Waals surface area contributed by atoms with Crippen molar-refractivity contribution in [3.63, 3.8) is 0 Å². The van der Waals surface area contributed by atoms with Crippen molar-refractivity contribution in [2.75, 3.05) is 49.2 Å². The summed E-state index contributed by atoms with van der Waals surface area (Å²) >= 11 is 0. The standard InChI is InChI=1S/C31H40N4O6/c1-5-34(6-2)30-20-28(40-32-30)24-14-12-22(18-26(24)36)38-16-10-9-11-17-39-23-13-15-25(27(37)19-23)29-21-31(33-41-29)35(7-3)8-4/h12-15,18-21,36-37H,5-11,16-17H2,1-4H3. The van der Waals surface area contributed by atoms with Gasteiger partial charge in [0.1, 0.15) is 23.0 Å². The molecule has 0 aliphatic heterocycles. The molecule has 0 radical (unpaired) electrons. The molecule has 41 heavy (non-hydrogen) atoms. The van der Waals surface area contributed by atoms with E-state index in [0.29, 0.717) is 47.4 Å². The number of anilines is 2. The van der Waals surface area contributed by atoms with Crippen LogP contribution >= 0.6 is 0 Å². The molecule has 0 amide bonds. The molecule has 4 aromatic rings. The van der Waals surface area contributed by atoms with Crippen molar-refractivity contribution in [2.45, 2.75) is 47.0 Å². The number of rotatable bonds is 16. The summed E-state index contributed by atoms with van der Waals surface area (Å²) in [6.07, 6.45) is 2.59. The minimum atomic E-state index is 0.0834. The summed E-state index contributed by atoms with van der Waals surface area (Å²) in [5.74, 6) is 3.88. The van der Waals surface area contributed by atoms with Crippen LogP contribution in [0.1, 0.15) is 47.0 Å². The molecule has 0 aliphatic carbocycles. The highest BCUT2D eigenvalue weighted by Gasteiger charge is 2.16. The number of hydrogen-bond donors (Lipinski definition) is 2. The Labute approximate surface area is 241 Å². The van der Waals surface area contributed by atoms with Crippen LogP contribution in [0.15, 0.2) is 57.6 Å². The van der Waals surface area contributed by atoms with Gasteiger partial charge in [-0.25, -0.2) is 0 Å². The molecule has 0 saturated carbocycles. The Balaban J connectivity index is 1.18. The molecule has 0 fully saturated rings. The Morgan fingerprint density at radius 2 is 1.02 bits per heavy atom. The fourth-order valence-electron chi connectivity index (χ4n) is 4.56. The summed E-state index contributed by atoms with van der Waals surface area (Å²) in [5, 5.41) is 29.2. The van der Waals surface area contributed by atoms with Gasteiger partial charge in [-0.15, -0.1) is 0 Å². The van der Waals surface area contributed by atoms with Crippen molar-refractivity contribution in [2.24, 2.45) is 0 Å². The minimum absolute atomic E-state index is 0.0834. The maximum Gasteiger partial charge on any atom is 0.172 e. The number of aromatic nitrogens is 2. The van der Waals surface area contributed by atoms with Gasteiger partial charge < -0.3 is 38.5 Å². The summed E-state index contributed by atoms with van der Waals surface area (Å²) in [7, 11) is 0. The third kappa shape index (κ3) is 7.45. The van der Waals surface area contributed by atoms with Gasteiger partial charge in [-0.2, -0.15) is 0 Å². The number of nitrogens with zero attached hydrogens (tertiary/aromatic N) is 4. The fraction of sp³-hybridized carbons (Fsp3) is 0.419. The first-order valence-electron chi connectivity index (χ1n) is 14.3. The van der Waals surface area contributed by atoms with E-state index in [4.69, 9.17) is 18.5 Å². The second-order valence-electron chi connectivity index (χ2n) is 9.56. The number of phenols is 2. The van der Waals surface area contributed by atoms with Crippen LogP contribution in [0.4, 0.5) is 11.6 Å². The summed E-state index contributed by atoms with van der Waals surface area (Å²) in [6.45, 7) is 12.6. The lowest BCUT2D eigenvalue weighted by Gasteiger charge is -2.15. The van der Waals surface area contributed by atoms with Crippen molar-refractivity contribution in [3.8, 4) is 45.6 Å². The van der Waals surface area contributed by atoms with E-state index in [-0.39, 0.29) is 11.5 Å². The Morgan fingerprint density at radius 3 is 1.39 bits per heavy atom. The monoisotopic (exact) mass is 564 g/mol. The van der Waals surface area contributed by atoms with Gasteiger partial charge >= 0.3 is 0 Å². The van der Waals surface area contributed by atoms with E-state index >= 15 is 0 Å². The van der Waals surface area contributed by atoms with E-state index in [0.717, 1.165) is 57.1 Å². The molecule has 0 spiro atoms. The first-order chi connectivity index (χ1) is 20.0. The third-order valence-corrected chi connectivity index (χ3v) is 6.97. The van der Waals surface area contributed by atoms with E-state index in [1.54, 1.807) is 24.3 Å². The Bertz CT molecular complexity index is 1270. The van der Waals surface area contributed by atoms with Gasteiger partial charge in [-0.3, -0.25) is 0 Å². The van der Waals surface area contributed by atoms with Crippen molar-refractivity contribution >= 4 is 11.6 Å². The van der Waals surface area contributed by atoms with E-state index < -0.39 is 0 Å². The van der Waals surface area contributed by atoms with Crippen LogP contribution in [0.5, 0.6) is 23.0 Å². The minimum Gasteiger partial charge on any atom is -0.507 e. The van der Waals surface area contributed by atoms with Crippen LogP contribution < -0.4 is 19.3 Å².